The third kappa shape index (κ3) is 3.65. The van der Waals surface area contributed by atoms with Gasteiger partial charge in [0.05, 0.1) is 17.7 Å². The normalized spacial score (nSPS) is 17.2. The van der Waals surface area contributed by atoms with Crippen LogP contribution in [0.25, 0.3) is 0 Å². The smallest absolute Gasteiger partial charge is 0.395 e. The Labute approximate surface area is 165 Å². The molecule has 2 fully saturated rings. The molecule has 2 amide bonds. The van der Waals surface area contributed by atoms with Crippen LogP contribution in [0.4, 0.5) is 16.0 Å². The van der Waals surface area contributed by atoms with Crippen molar-refractivity contribution in [3.05, 3.63) is 58.1 Å². The van der Waals surface area contributed by atoms with Gasteiger partial charge in [-0.05, 0) is 18.2 Å². The molecule has 1 aromatic carbocycles. The van der Waals surface area contributed by atoms with Gasteiger partial charge in [-0.15, -0.1) is 0 Å². The number of anilines is 1. The highest BCUT2D eigenvalue weighted by Gasteiger charge is 2.40. The van der Waals surface area contributed by atoms with E-state index in [1.54, 1.807) is 23.1 Å². The number of furan rings is 1. The van der Waals surface area contributed by atoms with Gasteiger partial charge in [0.15, 0.2) is 5.76 Å². The summed E-state index contributed by atoms with van der Waals surface area (Å²) in [5.74, 6) is -1.68. The first-order valence-electron chi connectivity index (χ1n) is 9.26. The minimum Gasteiger partial charge on any atom is -0.395 e. The Morgan fingerprint density at radius 3 is 2.34 bits per heavy atom. The fourth-order valence-corrected chi connectivity index (χ4v) is 3.63. The lowest BCUT2D eigenvalue weighted by atomic mass is 9.97. The van der Waals surface area contributed by atoms with Crippen LogP contribution in [0.2, 0.25) is 0 Å². The molecule has 0 spiro atoms. The number of carbonyl (C=O) groups is 2. The molecular formula is C19H19FN4O5. The number of nitrogens with zero attached hydrogens (tertiary/aromatic N) is 4. The standard InChI is InChI=1S/C19H19FN4O5/c20-14-3-1-2-4-15(14)21-7-9-22(10-8-21)18(25)13-11-23(12-13)19(26)16-5-6-17(29-16)24(27)28/h1-6,13H,7-12H2. The largest absolute Gasteiger partial charge is 0.433 e. The van der Waals surface area contributed by atoms with Crippen molar-refractivity contribution in [2.24, 2.45) is 5.92 Å². The average molecular weight is 402 g/mol. The maximum atomic E-state index is 13.9. The van der Waals surface area contributed by atoms with Gasteiger partial charge in [0, 0.05) is 39.3 Å². The van der Waals surface area contributed by atoms with Crippen molar-refractivity contribution in [3.8, 4) is 0 Å². The second-order valence-electron chi connectivity index (χ2n) is 7.07. The summed E-state index contributed by atoms with van der Waals surface area (Å²) in [6, 6.07) is 8.95. The summed E-state index contributed by atoms with van der Waals surface area (Å²) < 4.78 is 18.8. The lowest BCUT2D eigenvalue weighted by Gasteiger charge is -2.42. The van der Waals surface area contributed by atoms with Crippen molar-refractivity contribution in [2.75, 3.05) is 44.2 Å². The summed E-state index contributed by atoms with van der Waals surface area (Å²) >= 11 is 0. The quantitative estimate of drug-likeness (QED) is 0.571. The van der Waals surface area contributed by atoms with E-state index in [4.69, 9.17) is 4.42 Å². The fourth-order valence-electron chi connectivity index (χ4n) is 3.63. The van der Waals surface area contributed by atoms with E-state index >= 15 is 0 Å². The number of likely N-dealkylation sites (tertiary alicyclic amines) is 1. The van der Waals surface area contributed by atoms with Crippen LogP contribution in [0.3, 0.4) is 0 Å². The third-order valence-electron chi connectivity index (χ3n) is 5.29. The molecule has 9 nitrogen and oxygen atoms in total. The van der Waals surface area contributed by atoms with E-state index in [1.807, 2.05) is 4.90 Å². The first kappa shape index (κ1) is 18.9. The molecule has 2 aliphatic rings. The van der Waals surface area contributed by atoms with Gasteiger partial charge in [-0.2, -0.15) is 0 Å². The molecule has 29 heavy (non-hydrogen) atoms. The molecule has 2 aliphatic heterocycles. The fraction of sp³-hybridized carbons (Fsp3) is 0.368. The number of hydrogen-bond donors (Lipinski definition) is 0. The molecule has 0 N–H and O–H groups in total. The van der Waals surface area contributed by atoms with Crippen LogP contribution in [-0.2, 0) is 4.79 Å². The molecule has 0 bridgehead atoms. The molecule has 2 aromatic rings. The second-order valence-corrected chi connectivity index (χ2v) is 7.07. The zero-order chi connectivity index (χ0) is 20.5. The van der Waals surface area contributed by atoms with E-state index in [0.717, 1.165) is 6.07 Å². The monoisotopic (exact) mass is 402 g/mol. The Morgan fingerprint density at radius 1 is 1.03 bits per heavy atom. The highest BCUT2D eigenvalue weighted by molar-refractivity contribution is 5.94. The van der Waals surface area contributed by atoms with E-state index in [9.17, 15) is 24.1 Å². The molecule has 0 atom stereocenters. The van der Waals surface area contributed by atoms with Crippen LogP contribution >= 0.6 is 0 Å². The Morgan fingerprint density at radius 2 is 1.72 bits per heavy atom. The Hall–Kier alpha value is -3.43. The molecule has 2 saturated heterocycles. The van der Waals surface area contributed by atoms with Crippen LogP contribution in [0.1, 0.15) is 10.6 Å². The van der Waals surface area contributed by atoms with Gasteiger partial charge in [-0.25, -0.2) is 4.39 Å². The Balaban J connectivity index is 1.28. The summed E-state index contributed by atoms with van der Waals surface area (Å²) in [4.78, 5) is 40.0. The number of rotatable bonds is 4. The molecule has 0 saturated carbocycles. The lowest BCUT2D eigenvalue weighted by molar-refractivity contribution is -0.402. The molecular weight excluding hydrogens is 383 g/mol. The number of benzene rings is 1. The minimum atomic E-state index is -0.708. The van der Waals surface area contributed by atoms with Crippen molar-refractivity contribution in [3.63, 3.8) is 0 Å². The number of nitro groups is 1. The van der Waals surface area contributed by atoms with Gasteiger partial charge in [-0.3, -0.25) is 19.7 Å². The summed E-state index contributed by atoms with van der Waals surface area (Å²) in [6.45, 7) is 2.56. The number of amides is 2. The van der Waals surface area contributed by atoms with Crippen molar-refractivity contribution in [1.82, 2.24) is 9.80 Å². The summed E-state index contributed by atoms with van der Waals surface area (Å²) in [5.41, 5.74) is 0.535. The number of carbonyl (C=O) groups excluding carboxylic acids is 2. The highest BCUT2D eigenvalue weighted by Crippen LogP contribution is 2.25. The van der Waals surface area contributed by atoms with Crippen molar-refractivity contribution in [1.29, 1.82) is 0 Å². The van der Waals surface area contributed by atoms with Crippen LogP contribution in [0.5, 0.6) is 0 Å². The SMILES string of the molecule is O=C(c1ccc([N+](=O)[O-])o1)N1CC(C(=O)N2CCN(c3ccccc3F)CC2)C1. The summed E-state index contributed by atoms with van der Waals surface area (Å²) in [6.07, 6.45) is 0. The van der Waals surface area contributed by atoms with Crippen LogP contribution in [-0.4, -0.2) is 65.8 Å². The topological polar surface area (TPSA) is 100 Å². The predicted octanol–water partition coefficient (Wildman–Crippen LogP) is 1.75. The first-order chi connectivity index (χ1) is 13.9. The van der Waals surface area contributed by atoms with Crippen LogP contribution < -0.4 is 4.90 Å². The van der Waals surface area contributed by atoms with E-state index < -0.39 is 16.7 Å². The molecule has 4 rings (SSSR count). The van der Waals surface area contributed by atoms with Gasteiger partial charge in [-0.1, -0.05) is 12.1 Å². The molecule has 0 aliphatic carbocycles. The number of hydrogen-bond acceptors (Lipinski definition) is 6. The van der Waals surface area contributed by atoms with Crippen molar-refractivity contribution < 1.29 is 23.3 Å². The molecule has 0 radical (unpaired) electrons. The number of halogens is 1. The number of para-hydroxylation sites is 1. The zero-order valence-corrected chi connectivity index (χ0v) is 15.5. The Bertz CT molecular complexity index is 948. The van der Waals surface area contributed by atoms with E-state index in [2.05, 4.69) is 0 Å². The molecule has 3 heterocycles. The molecule has 0 unspecified atom stereocenters. The van der Waals surface area contributed by atoms with E-state index in [1.165, 1.54) is 17.0 Å². The van der Waals surface area contributed by atoms with Crippen molar-refractivity contribution in [2.45, 2.75) is 0 Å². The number of piperazine rings is 1. The molecule has 10 heteroatoms. The van der Waals surface area contributed by atoms with Gasteiger partial charge in [0.2, 0.25) is 5.91 Å². The summed E-state index contributed by atoms with van der Waals surface area (Å²) in [7, 11) is 0. The maximum absolute atomic E-state index is 13.9. The summed E-state index contributed by atoms with van der Waals surface area (Å²) in [5, 5.41) is 10.7. The average Bonchev–Trinajstić information content (AvgIpc) is 3.18. The first-order valence-corrected chi connectivity index (χ1v) is 9.26. The lowest BCUT2D eigenvalue weighted by Crippen LogP contribution is -2.59. The maximum Gasteiger partial charge on any atom is 0.433 e. The predicted molar refractivity (Wildman–Crippen MR) is 99.9 cm³/mol. The van der Waals surface area contributed by atoms with E-state index in [-0.39, 0.29) is 36.5 Å². The highest BCUT2D eigenvalue weighted by atomic mass is 19.1. The van der Waals surface area contributed by atoms with Gasteiger partial charge < -0.3 is 19.1 Å². The zero-order valence-electron chi connectivity index (χ0n) is 15.5. The van der Waals surface area contributed by atoms with E-state index in [0.29, 0.717) is 31.9 Å². The second kappa shape index (κ2) is 7.53. The van der Waals surface area contributed by atoms with Crippen molar-refractivity contribution >= 4 is 23.4 Å². The third-order valence-corrected chi connectivity index (χ3v) is 5.29. The Kier molecular flexibility index (Phi) is 4.91. The van der Waals surface area contributed by atoms with Gasteiger partial charge in [0.1, 0.15) is 10.7 Å². The van der Waals surface area contributed by atoms with Gasteiger partial charge in [0.25, 0.3) is 5.91 Å². The minimum absolute atomic E-state index is 0.0346. The molecule has 1 aromatic heterocycles. The van der Waals surface area contributed by atoms with Crippen LogP contribution in [0.15, 0.2) is 40.8 Å². The molecule has 152 valence electrons. The van der Waals surface area contributed by atoms with Gasteiger partial charge >= 0.3 is 5.88 Å². The van der Waals surface area contributed by atoms with Crippen LogP contribution in [0, 0.1) is 21.8 Å².